The van der Waals surface area contributed by atoms with E-state index in [0.717, 1.165) is 11.4 Å². The van der Waals surface area contributed by atoms with Crippen molar-refractivity contribution in [2.24, 2.45) is 5.10 Å². The Morgan fingerprint density at radius 2 is 1.81 bits per heavy atom. The van der Waals surface area contributed by atoms with E-state index in [-0.39, 0.29) is 17.9 Å². The van der Waals surface area contributed by atoms with Gasteiger partial charge in [0.1, 0.15) is 0 Å². The number of nitrogens with one attached hydrogen (secondary N) is 2. The van der Waals surface area contributed by atoms with Gasteiger partial charge in [-0.05, 0) is 29.8 Å². The third-order valence-electron chi connectivity index (χ3n) is 4.66. The Labute approximate surface area is 154 Å². The maximum absolute atomic E-state index is 11.9. The van der Waals surface area contributed by atoms with Crippen molar-refractivity contribution < 1.29 is 4.79 Å². The van der Waals surface area contributed by atoms with Gasteiger partial charge in [0.05, 0.1) is 6.54 Å². The minimum absolute atomic E-state index is 0.101. The summed E-state index contributed by atoms with van der Waals surface area (Å²) in [5, 5.41) is 7.09. The molecule has 0 saturated carbocycles. The number of carbonyl (C=O) groups excluding carboxylic acids is 1. The Hall–Kier alpha value is -3.08. The van der Waals surface area contributed by atoms with Gasteiger partial charge in [0.2, 0.25) is 0 Å². The van der Waals surface area contributed by atoms with Crippen LogP contribution >= 0.6 is 0 Å². The predicted molar refractivity (Wildman–Crippen MR) is 108 cm³/mol. The highest BCUT2D eigenvalue weighted by Gasteiger charge is 2.37. The van der Waals surface area contributed by atoms with Gasteiger partial charge in [0.25, 0.3) is 5.91 Å². The summed E-state index contributed by atoms with van der Waals surface area (Å²) in [5.74, 6) is -0.189. The van der Waals surface area contributed by atoms with Crippen LogP contribution in [0.15, 0.2) is 71.5 Å². The second kappa shape index (κ2) is 7.44. The van der Waals surface area contributed by atoms with Crippen LogP contribution in [-0.2, 0) is 10.2 Å². The van der Waals surface area contributed by atoms with Crippen LogP contribution < -0.4 is 15.6 Å². The number of carbonyl (C=O) groups is 1. The lowest BCUT2D eigenvalue weighted by atomic mass is 9.84. The van der Waals surface area contributed by atoms with E-state index in [1.807, 2.05) is 42.5 Å². The molecule has 0 radical (unpaired) electrons. The number of amides is 1. The van der Waals surface area contributed by atoms with Gasteiger partial charge in [0, 0.05) is 35.7 Å². The monoisotopic (exact) mass is 348 g/mol. The highest BCUT2D eigenvalue weighted by Crippen LogP contribution is 2.46. The zero-order valence-corrected chi connectivity index (χ0v) is 15.4. The quantitative estimate of drug-likeness (QED) is 0.642. The van der Waals surface area contributed by atoms with Crippen LogP contribution in [0.1, 0.15) is 19.4 Å². The molecule has 5 nitrogen and oxygen atoms in total. The summed E-state index contributed by atoms with van der Waals surface area (Å²) in [4.78, 5) is 14.0. The fraction of sp³-hybridized carbons (Fsp3) is 0.238. The summed E-state index contributed by atoms with van der Waals surface area (Å²) >= 11 is 0. The molecule has 0 fully saturated rings. The number of rotatable bonds is 5. The van der Waals surface area contributed by atoms with Crippen molar-refractivity contribution in [1.82, 2.24) is 5.43 Å². The summed E-state index contributed by atoms with van der Waals surface area (Å²) in [7, 11) is 2.05. The number of likely N-dealkylation sites (N-methyl/N-ethyl adjacent to an activating group) is 1. The summed E-state index contributed by atoms with van der Waals surface area (Å²) in [6.07, 6.45) is 3.59. The molecular formula is C21H24N4O. The fourth-order valence-corrected chi connectivity index (χ4v) is 3.30. The lowest BCUT2D eigenvalue weighted by molar-refractivity contribution is -0.119. The Kier molecular flexibility index (Phi) is 5.07. The molecule has 1 heterocycles. The van der Waals surface area contributed by atoms with E-state index in [1.165, 1.54) is 11.3 Å². The molecule has 3 rings (SSSR count). The maximum atomic E-state index is 11.9. The zero-order chi connectivity index (χ0) is 18.6. The third-order valence-corrected chi connectivity index (χ3v) is 4.66. The number of hydrazone groups is 1. The van der Waals surface area contributed by atoms with E-state index < -0.39 is 0 Å². The van der Waals surface area contributed by atoms with Crippen molar-refractivity contribution in [3.63, 3.8) is 0 Å². The molecule has 5 heteroatoms. The van der Waals surface area contributed by atoms with E-state index in [9.17, 15) is 4.79 Å². The van der Waals surface area contributed by atoms with Gasteiger partial charge in [0.15, 0.2) is 0 Å². The van der Waals surface area contributed by atoms with Crippen molar-refractivity contribution in [2.45, 2.75) is 19.3 Å². The fourth-order valence-electron chi connectivity index (χ4n) is 3.30. The minimum atomic E-state index is -0.189. The third kappa shape index (κ3) is 3.61. The average Bonchev–Trinajstić information content (AvgIpc) is 2.85. The van der Waals surface area contributed by atoms with E-state index in [1.54, 1.807) is 6.21 Å². The molecule has 1 aliphatic rings. The van der Waals surface area contributed by atoms with E-state index in [4.69, 9.17) is 0 Å². The van der Waals surface area contributed by atoms with E-state index in [0.29, 0.717) is 0 Å². The van der Waals surface area contributed by atoms with Crippen LogP contribution in [0.4, 0.5) is 11.4 Å². The molecule has 0 aliphatic carbocycles. The first-order valence-corrected chi connectivity index (χ1v) is 8.65. The molecule has 0 spiro atoms. The number of hydrogen-bond acceptors (Lipinski definition) is 4. The molecule has 0 unspecified atom stereocenters. The highest BCUT2D eigenvalue weighted by molar-refractivity contribution is 5.83. The number of hydrogen-bond donors (Lipinski definition) is 2. The van der Waals surface area contributed by atoms with Gasteiger partial charge >= 0.3 is 0 Å². The largest absolute Gasteiger partial charge is 0.376 e. The number of allylic oxidation sites excluding steroid dienone is 2. The van der Waals surface area contributed by atoms with Crippen LogP contribution in [0.3, 0.4) is 0 Å². The second-order valence-electron chi connectivity index (χ2n) is 6.79. The summed E-state index contributed by atoms with van der Waals surface area (Å²) in [6, 6.07) is 18.0. The molecular weight excluding hydrogens is 324 g/mol. The molecule has 0 atom stereocenters. The molecule has 26 heavy (non-hydrogen) atoms. The van der Waals surface area contributed by atoms with Crippen molar-refractivity contribution in [2.75, 3.05) is 23.8 Å². The Bertz CT molecular complexity index is 840. The summed E-state index contributed by atoms with van der Waals surface area (Å²) < 4.78 is 0. The van der Waals surface area contributed by atoms with Crippen molar-refractivity contribution in [1.29, 1.82) is 0 Å². The first-order chi connectivity index (χ1) is 12.5. The van der Waals surface area contributed by atoms with Gasteiger partial charge in [-0.3, -0.25) is 4.79 Å². The molecule has 1 aliphatic heterocycles. The Morgan fingerprint density at radius 1 is 1.12 bits per heavy atom. The second-order valence-corrected chi connectivity index (χ2v) is 6.79. The van der Waals surface area contributed by atoms with Gasteiger partial charge in [-0.25, -0.2) is 5.43 Å². The first-order valence-electron chi connectivity index (χ1n) is 8.65. The number of nitrogens with zero attached hydrogens (tertiary/aromatic N) is 2. The van der Waals surface area contributed by atoms with Gasteiger partial charge in [-0.2, -0.15) is 5.10 Å². The number of fused-ring (bicyclic) bond motifs is 1. The number of para-hydroxylation sites is 2. The maximum Gasteiger partial charge on any atom is 0.259 e. The Balaban J connectivity index is 1.59. The lowest BCUT2D eigenvalue weighted by Crippen LogP contribution is -2.26. The molecule has 2 aromatic carbocycles. The van der Waals surface area contributed by atoms with E-state index >= 15 is 0 Å². The molecule has 0 saturated heterocycles. The number of benzene rings is 2. The van der Waals surface area contributed by atoms with Crippen LogP contribution in [0.2, 0.25) is 0 Å². The van der Waals surface area contributed by atoms with Gasteiger partial charge in [-0.1, -0.05) is 50.2 Å². The van der Waals surface area contributed by atoms with Crippen molar-refractivity contribution in [3.8, 4) is 0 Å². The molecule has 1 amide bonds. The molecule has 2 aromatic rings. The Morgan fingerprint density at radius 3 is 2.54 bits per heavy atom. The van der Waals surface area contributed by atoms with Crippen LogP contribution in [0, 0.1) is 0 Å². The zero-order valence-electron chi connectivity index (χ0n) is 15.4. The molecule has 134 valence electrons. The van der Waals surface area contributed by atoms with Gasteiger partial charge in [-0.15, -0.1) is 0 Å². The van der Waals surface area contributed by atoms with Crippen molar-refractivity contribution in [3.05, 3.63) is 71.9 Å². The average molecular weight is 348 g/mol. The molecule has 2 N–H and O–H groups in total. The molecule has 0 bridgehead atoms. The van der Waals surface area contributed by atoms with Crippen LogP contribution in [0.25, 0.3) is 0 Å². The summed E-state index contributed by atoms with van der Waals surface area (Å²) in [6.45, 7) is 4.56. The lowest BCUT2D eigenvalue weighted by Gasteiger charge is -2.23. The minimum Gasteiger partial charge on any atom is -0.376 e. The van der Waals surface area contributed by atoms with E-state index in [2.05, 4.69) is 59.8 Å². The normalized spacial score (nSPS) is 16.7. The first kappa shape index (κ1) is 17.7. The molecule has 0 aromatic heterocycles. The summed E-state index contributed by atoms with van der Waals surface area (Å²) in [5.41, 5.74) is 6.98. The van der Waals surface area contributed by atoms with Crippen molar-refractivity contribution >= 4 is 23.5 Å². The van der Waals surface area contributed by atoms with Gasteiger partial charge < -0.3 is 10.2 Å². The SMILES string of the molecule is CN1/C(=C\C=N\NC(=O)CNc2ccccc2)C(C)(C)c2ccccc21. The van der Waals surface area contributed by atoms with Crippen LogP contribution in [-0.4, -0.2) is 25.7 Å². The smallest absolute Gasteiger partial charge is 0.259 e. The predicted octanol–water partition coefficient (Wildman–Crippen LogP) is 3.51. The van der Waals surface area contributed by atoms with Crippen LogP contribution in [0.5, 0.6) is 0 Å². The standard InChI is InChI=1S/C21H24N4O/c1-21(2)17-11-7-8-12-18(17)25(3)19(21)13-14-23-24-20(26)15-22-16-9-5-4-6-10-16/h4-14,22H,15H2,1-3H3,(H,24,26)/b19-13-,23-14+. The highest BCUT2D eigenvalue weighted by atomic mass is 16.2. The number of anilines is 2. The topological polar surface area (TPSA) is 56.7 Å².